The Labute approximate surface area is 418 Å². The first-order valence-electron chi connectivity index (χ1n) is 25.8. The van der Waals surface area contributed by atoms with Gasteiger partial charge in [-0.25, -0.2) is 0 Å². The SMILES string of the molecule is C#Cc1ccc(CNC=O)cc1.CC.CC(C)(C)CC(=O)N1CCC(O)C1.CNc1nnc(-c2ccccc2O)cc1N1CCN(CCN(C)C2CCN(C3CC4(CCC(C(N)=O)CC4)C3)CC2)CC1. The Morgan fingerprint density at radius 1 is 0.943 bits per heavy atom. The molecule has 15 heteroatoms. The summed E-state index contributed by atoms with van der Waals surface area (Å²) in [4.78, 5) is 45.2. The van der Waals surface area contributed by atoms with E-state index < -0.39 is 0 Å². The van der Waals surface area contributed by atoms with Crippen LogP contribution in [0.15, 0.2) is 54.6 Å². The van der Waals surface area contributed by atoms with Gasteiger partial charge in [-0.15, -0.1) is 16.6 Å². The van der Waals surface area contributed by atoms with E-state index in [0.717, 1.165) is 93.7 Å². The maximum absolute atomic E-state index is 11.6. The number of nitrogens with one attached hydrogen (secondary N) is 2. The molecular weight excluding hydrogens is 881 g/mol. The number of likely N-dealkylation sites (tertiary alicyclic amines) is 2. The van der Waals surface area contributed by atoms with Crippen molar-refractivity contribution in [1.29, 1.82) is 0 Å². The van der Waals surface area contributed by atoms with Crippen LogP contribution >= 0.6 is 0 Å². The number of primary amides is 1. The minimum Gasteiger partial charge on any atom is -0.507 e. The molecule has 15 nitrogen and oxygen atoms in total. The van der Waals surface area contributed by atoms with E-state index in [1.165, 1.54) is 51.6 Å². The van der Waals surface area contributed by atoms with Crippen molar-refractivity contribution < 1.29 is 24.6 Å². The summed E-state index contributed by atoms with van der Waals surface area (Å²) in [6.45, 7) is 20.5. The van der Waals surface area contributed by atoms with Crippen LogP contribution in [0.25, 0.3) is 11.3 Å². The van der Waals surface area contributed by atoms with Crippen molar-refractivity contribution in [2.45, 2.75) is 124 Å². The number of piperidine rings is 1. The number of hydrogen-bond acceptors (Lipinski definition) is 12. The fraction of sp³-hybridized carbons (Fsp3) is 0.618. The number of aliphatic hydroxyl groups excluding tert-OH is 1. The lowest BCUT2D eigenvalue weighted by molar-refractivity contribution is -0.132. The predicted molar refractivity (Wildman–Crippen MR) is 281 cm³/mol. The number of aromatic nitrogens is 2. The van der Waals surface area contributed by atoms with Gasteiger partial charge in [0, 0.05) is 101 Å². The number of phenols is 1. The number of aliphatic hydroxyl groups is 1. The Hall–Kier alpha value is -5.27. The van der Waals surface area contributed by atoms with Gasteiger partial charge in [-0.3, -0.25) is 19.3 Å². The van der Waals surface area contributed by atoms with E-state index in [-0.39, 0.29) is 35.0 Å². The Balaban J connectivity index is 0.000000275. The molecule has 3 saturated heterocycles. The van der Waals surface area contributed by atoms with Crippen LogP contribution in [0, 0.1) is 29.1 Å². The van der Waals surface area contributed by atoms with E-state index >= 15 is 0 Å². The molecule has 1 aromatic heterocycles. The molecule has 6 N–H and O–H groups in total. The lowest BCUT2D eigenvalue weighted by Gasteiger charge is -2.56. The van der Waals surface area contributed by atoms with Crippen molar-refractivity contribution in [3.8, 4) is 29.4 Å². The van der Waals surface area contributed by atoms with Crippen molar-refractivity contribution in [3.05, 3.63) is 65.7 Å². The minimum absolute atomic E-state index is 0.0463. The second-order valence-electron chi connectivity index (χ2n) is 20.9. The Morgan fingerprint density at radius 3 is 2.16 bits per heavy atom. The highest BCUT2D eigenvalue weighted by atomic mass is 16.3. The van der Waals surface area contributed by atoms with E-state index in [0.29, 0.717) is 48.6 Å². The van der Waals surface area contributed by atoms with E-state index in [1.807, 2.05) is 69.4 Å². The Morgan fingerprint density at radius 2 is 1.60 bits per heavy atom. The number of phenolic OH excluding ortho intramolecular Hbond substituents is 1. The van der Waals surface area contributed by atoms with Crippen LogP contribution in [0.2, 0.25) is 0 Å². The lowest BCUT2D eigenvalue weighted by atomic mass is 9.56. The zero-order chi connectivity index (χ0) is 50.8. The molecule has 2 saturated carbocycles. The summed E-state index contributed by atoms with van der Waals surface area (Å²) in [5, 5.41) is 34.1. The van der Waals surface area contributed by atoms with Gasteiger partial charge in [-0.05, 0) is 125 Å². The number of piperazine rings is 1. The smallest absolute Gasteiger partial charge is 0.223 e. The number of β-amino-alcohol motifs (C(OH)–C–C–N with tert-alkyl or cyclic N) is 1. The van der Waals surface area contributed by atoms with Gasteiger partial charge in [-0.2, -0.15) is 0 Å². The highest BCUT2D eigenvalue weighted by Gasteiger charge is 2.49. The van der Waals surface area contributed by atoms with Crippen LogP contribution in [0.5, 0.6) is 5.75 Å². The number of rotatable bonds is 13. The number of anilines is 2. The van der Waals surface area contributed by atoms with Crippen LogP contribution in [0.4, 0.5) is 11.5 Å². The lowest BCUT2D eigenvalue weighted by Crippen LogP contribution is -2.56. The molecule has 2 aromatic carbocycles. The van der Waals surface area contributed by atoms with Crippen molar-refractivity contribution in [1.82, 2.24) is 35.1 Å². The second-order valence-corrected chi connectivity index (χ2v) is 20.9. The van der Waals surface area contributed by atoms with E-state index in [1.54, 1.807) is 11.0 Å². The van der Waals surface area contributed by atoms with Gasteiger partial charge in [0.1, 0.15) is 5.75 Å². The number of likely N-dealkylation sites (N-methyl/N-ethyl adjacent to an activating group) is 1. The fourth-order valence-corrected chi connectivity index (χ4v) is 10.5. The molecule has 5 aliphatic rings. The van der Waals surface area contributed by atoms with Crippen molar-refractivity contribution in [2.24, 2.45) is 22.5 Å². The van der Waals surface area contributed by atoms with Crippen molar-refractivity contribution >= 4 is 29.7 Å². The van der Waals surface area contributed by atoms with Gasteiger partial charge in [0.05, 0.1) is 17.5 Å². The quantitative estimate of drug-likeness (QED) is 0.0970. The molecule has 8 rings (SSSR count). The summed E-state index contributed by atoms with van der Waals surface area (Å²) < 4.78 is 0. The van der Waals surface area contributed by atoms with Crippen molar-refractivity contribution in [2.75, 3.05) is 89.8 Å². The normalized spacial score (nSPS) is 22.8. The first-order valence-corrected chi connectivity index (χ1v) is 25.8. The summed E-state index contributed by atoms with van der Waals surface area (Å²) in [5.41, 5.74) is 10.4. The number of benzene rings is 2. The van der Waals surface area contributed by atoms with Gasteiger partial charge >= 0.3 is 0 Å². The van der Waals surface area contributed by atoms with Gasteiger partial charge < -0.3 is 46.2 Å². The number of para-hydroxylation sites is 1. The van der Waals surface area contributed by atoms with Gasteiger partial charge in [0.25, 0.3) is 0 Å². The molecule has 70 heavy (non-hydrogen) atoms. The van der Waals surface area contributed by atoms with E-state index in [4.69, 9.17) is 12.2 Å². The first-order chi connectivity index (χ1) is 33.6. The van der Waals surface area contributed by atoms with E-state index in [9.17, 15) is 24.6 Å². The molecule has 1 unspecified atom stereocenters. The number of nitrogens with zero attached hydrogens (tertiary/aromatic N) is 7. The number of aromatic hydroxyl groups is 1. The summed E-state index contributed by atoms with van der Waals surface area (Å²) >= 11 is 0. The summed E-state index contributed by atoms with van der Waals surface area (Å²) in [6.07, 6.45) is 16.4. The van der Waals surface area contributed by atoms with Crippen LogP contribution in [0.1, 0.15) is 110 Å². The number of hydrogen-bond donors (Lipinski definition) is 5. The monoisotopic (exact) mass is 965 g/mol. The number of amides is 3. The van der Waals surface area contributed by atoms with Gasteiger partial charge in [-0.1, -0.05) is 64.8 Å². The molecular formula is C55H84N10O5. The fourth-order valence-electron chi connectivity index (χ4n) is 10.5. The van der Waals surface area contributed by atoms with Crippen LogP contribution in [0.3, 0.4) is 0 Å². The average Bonchev–Trinajstić information content (AvgIpc) is 3.81. The molecule has 3 aromatic rings. The standard InChI is InChI=1S/C33H50N8O2.C10H19NO2.C10H9NO.C2H6/c1-35-32-29(21-28(36-37-32)27-5-3-4-6-30(27)42)41-19-17-39(18-20-41)16-15-38(2)25-9-13-40(14-10-25)26-22-33(23-26)11-7-24(8-12-33)31(34)43;1-10(2,3)6-9(13)11-5-4-8(12)7-11;1-2-9-3-5-10(6-4-9)7-11-8-12;1-2/h3-6,21,24-26,42H,7-20,22-23H2,1-2H3,(H2,34,43)(H,35,37);8,12H,4-7H2,1-3H3;1,3-6,8H,7H2,(H,11,12);1-2H3. The average molecular weight is 965 g/mol. The molecule has 4 heterocycles. The van der Waals surface area contributed by atoms with Gasteiger partial charge in [0.15, 0.2) is 5.82 Å². The number of carbonyl (C=O) groups excluding carboxylic acids is 3. The van der Waals surface area contributed by atoms with E-state index in [2.05, 4.69) is 74.2 Å². The van der Waals surface area contributed by atoms with Crippen LogP contribution < -0.4 is 21.3 Å². The molecule has 3 aliphatic heterocycles. The highest BCUT2D eigenvalue weighted by Crippen LogP contribution is 2.54. The third-order valence-corrected chi connectivity index (χ3v) is 14.8. The maximum Gasteiger partial charge on any atom is 0.223 e. The maximum atomic E-state index is 11.6. The molecule has 5 fully saturated rings. The number of carbonyl (C=O) groups is 3. The molecule has 0 radical (unpaired) electrons. The third kappa shape index (κ3) is 16.1. The summed E-state index contributed by atoms with van der Waals surface area (Å²) in [5.74, 6) is 3.71. The summed E-state index contributed by atoms with van der Waals surface area (Å²) in [6, 6.07) is 18.2. The second kappa shape index (κ2) is 26.8. The van der Waals surface area contributed by atoms with Crippen LogP contribution in [-0.4, -0.2) is 156 Å². The largest absolute Gasteiger partial charge is 0.507 e. The highest BCUT2D eigenvalue weighted by molar-refractivity contribution is 5.77. The minimum atomic E-state index is -0.302. The molecule has 384 valence electrons. The zero-order valence-corrected chi connectivity index (χ0v) is 43.3. The van der Waals surface area contributed by atoms with Gasteiger partial charge in [0.2, 0.25) is 18.2 Å². The van der Waals surface area contributed by atoms with Crippen LogP contribution in [-0.2, 0) is 20.9 Å². The third-order valence-electron chi connectivity index (χ3n) is 14.8. The Bertz CT molecular complexity index is 2130. The Kier molecular flexibility index (Phi) is 21.3. The molecule has 1 atom stereocenters. The molecule has 3 amide bonds. The molecule has 1 spiro atoms. The summed E-state index contributed by atoms with van der Waals surface area (Å²) in [7, 11) is 4.19. The number of terminal acetylenes is 1. The molecule has 2 aliphatic carbocycles. The predicted octanol–water partition coefficient (Wildman–Crippen LogP) is 6.19. The van der Waals surface area contributed by atoms with Crippen molar-refractivity contribution in [3.63, 3.8) is 0 Å². The number of nitrogens with two attached hydrogens (primary N) is 1. The topological polar surface area (TPSA) is 184 Å². The molecule has 0 bridgehead atoms. The zero-order valence-electron chi connectivity index (χ0n) is 43.3. The first kappa shape index (κ1) is 55.7.